The molecule has 1 aromatic rings. The number of nitrogens with two attached hydrogens (primary N) is 1. The molecule has 0 aromatic heterocycles. The lowest BCUT2D eigenvalue weighted by atomic mass is 10.2. The lowest BCUT2D eigenvalue weighted by Crippen LogP contribution is -2.36. The molecule has 1 amide bonds. The molecule has 3 N–H and O–H groups in total. The molecule has 0 aliphatic carbocycles. The van der Waals surface area contributed by atoms with E-state index < -0.39 is 6.04 Å². The summed E-state index contributed by atoms with van der Waals surface area (Å²) in [5, 5.41) is 2.82. The molecule has 0 saturated carbocycles. The summed E-state index contributed by atoms with van der Waals surface area (Å²) in [4.78, 5) is 11.8. The maximum Gasteiger partial charge on any atom is 0.241 e. The van der Waals surface area contributed by atoms with Crippen LogP contribution in [-0.4, -0.2) is 31.1 Å². The molecule has 6 heteroatoms. The van der Waals surface area contributed by atoms with E-state index in [0.29, 0.717) is 13.0 Å². The van der Waals surface area contributed by atoms with Crippen LogP contribution in [0.25, 0.3) is 0 Å². The number of thioether (sulfide) groups is 1. The van der Waals surface area contributed by atoms with E-state index in [1.165, 1.54) is 0 Å². The van der Waals surface area contributed by atoms with Crippen molar-refractivity contribution in [3.05, 3.63) is 29.8 Å². The monoisotopic (exact) mass is 304 g/mol. The highest BCUT2D eigenvalue weighted by atomic mass is 35.5. The zero-order valence-electron chi connectivity index (χ0n) is 11.2. The maximum atomic E-state index is 11.8. The van der Waals surface area contributed by atoms with Gasteiger partial charge >= 0.3 is 0 Å². The van der Waals surface area contributed by atoms with Gasteiger partial charge in [0.25, 0.3) is 0 Å². The van der Waals surface area contributed by atoms with Crippen LogP contribution >= 0.6 is 24.2 Å². The summed E-state index contributed by atoms with van der Waals surface area (Å²) in [6.45, 7) is 0.530. The Hall–Kier alpha value is -0.750. The van der Waals surface area contributed by atoms with E-state index in [4.69, 9.17) is 10.5 Å². The fourth-order valence-electron chi connectivity index (χ4n) is 1.52. The molecule has 0 aliphatic heterocycles. The molecule has 19 heavy (non-hydrogen) atoms. The third-order valence-corrected chi connectivity index (χ3v) is 3.12. The fraction of sp³-hybridized carbons (Fsp3) is 0.462. The molecule has 108 valence electrons. The Morgan fingerprint density at radius 2 is 2.26 bits per heavy atom. The molecule has 0 unspecified atom stereocenters. The Labute approximate surface area is 124 Å². The zero-order chi connectivity index (χ0) is 13.4. The van der Waals surface area contributed by atoms with Gasteiger partial charge in [-0.15, -0.1) is 12.4 Å². The standard InChI is InChI=1S/C13H20N2O2S.ClH/c1-17-9-10-4-3-5-11(8-10)15-13(16)12(14)6-7-18-2;/h3-5,8,12H,6-7,9,14H2,1-2H3,(H,15,16);1H/t12-;/m0./s1. The molecule has 1 rings (SSSR count). The number of halogens is 1. The first-order chi connectivity index (χ1) is 8.67. The summed E-state index contributed by atoms with van der Waals surface area (Å²) in [7, 11) is 1.64. The minimum absolute atomic E-state index is 0. The summed E-state index contributed by atoms with van der Waals surface area (Å²) in [5.41, 5.74) is 7.58. The number of benzene rings is 1. The molecule has 0 aliphatic rings. The van der Waals surface area contributed by atoms with Gasteiger partial charge in [-0.05, 0) is 36.1 Å². The largest absolute Gasteiger partial charge is 0.380 e. The maximum absolute atomic E-state index is 11.8. The number of methoxy groups -OCH3 is 1. The van der Waals surface area contributed by atoms with Crippen LogP contribution in [0.4, 0.5) is 5.69 Å². The zero-order valence-corrected chi connectivity index (χ0v) is 12.9. The van der Waals surface area contributed by atoms with E-state index in [9.17, 15) is 4.79 Å². The molecule has 0 heterocycles. The number of carbonyl (C=O) groups is 1. The van der Waals surface area contributed by atoms with Crippen LogP contribution in [0.3, 0.4) is 0 Å². The number of amides is 1. The van der Waals surface area contributed by atoms with Crippen LogP contribution < -0.4 is 11.1 Å². The number of carbonyl (C=O) groups excluding carboxylic acids is 1. The van der Waals surface area contributed by atoms with E-state index in [1.54, 1.807) is 18.9 Å². The minimum atomic E-state index is -0.455. The summed E-state index contributed by atoms with van der Waals surface area (Å²) < 4.78 is 5.05. The van der Waals surface area contributed by atoms with Crippen LogP contribution in [0.2, 0.25) is 0 Å². The Morgan fingerprint density at radius 3 is 2.89 bits per heavy atom. The van der Waals surface area contributed by atoms with Crippen molar-refractivity contribution in [3.8, 4) is 0 Å². The third-order valence-electron chi connectivity index (χ3n) is 2.48. The van der Waals surface area contributed by atoms with Gasteiger partial charge in [0.15, 0.2) is 0 Å². The summed E-state index contributed by atoms with van der Waals surface area (Å²) >= 11 is 1.69. The highest BCUT2D eigenvalue weighted by Gasteiger charge is 2.12. The van der Waals surface area contributed by atoms with Gasteiger partial charge in [-0.2, -0.15) is 11.8 Å². The van der Waals surface area contributed by atoms with Gasteiger partial charge in [0.1, 0.15) is 0 Å². The van der Waals surface area contributed by atoms with Gasteiger partial charge in [0.2, 0.25) is 5.91 Å². The number of ether oxygens (including phenoxy) is 1. The molecule has 4 nitrogen and oxygen atoms in total. The Kier molecular flexibility index (Phi) is 9.69. The Morgan fingerprint density at radius 1 is 1.53 bits per heavy atom. The lowest BCUT2D eigenvalue weighted by Gasteiger charge is -2.12. The van der Waals surface area contributed by atoms with Gasteiger partial charge < -0.3 is 15.8 Å². The van der Waals surface area contributed by atoms with E-state index in [2.05, 4.69) is 5.32 Å². The molecule has 0 bridgehead atoms. The van der Waals surface area contributed by atoms with Crippen molar-refractivity contribution in [2.45, 2.75) is 19.1 Å². The Bertz CT molecular complexity index is 391. The molecule has 0 spiro atoms. The normalized spacial score (nSPS) is 11.5. The summed E-state index contributed by atoms with van der Waals surface area (Å²) in [5.74, 6) is 0.747. The van der Waals surface area contributed by atoms with Gasteiger partial charge in [0.05, 0.1) is 12.6 Å². The third kappa shape index (κ3) is 6.82. The lowest BCUT2D eigenvalue weighted by molar-refractivity contribution is -0.117. The molecule has 0 fully saturated rings. The first kappa shape index (κ1) is 18.2. The molecule has 1 atom stereocenters. The second-order valence-electron chi connectivity index (χ2n) is 4.01. The highest BCUT2D eigenvalue weighted by Crippen LogP contribution is 2.12. The van der Waals surface area contributed by atoms with Crippen molar-refractivity contribution < 1.29 is 9.53 Å². The molecular formula is C13H21ClN2O2S. The smallest absolute Gasteiger partial charge is 0.241 e. The van der Waals surface area contributed by atoms with Crippen LogP contribution in [-0.2, 0) is 16.1 Å². The second kappa shape index (κ2) is 10.1. The van der Waals surface area contributed by atoms with E-state index in [-0.39, 0.29) is 18.3 Å². The topological polar surface area (TPSA) is 64.3 Å². The minimum Gasteiger partial charge on any atom is -0.380 e. The second-order valence-corrected chi connectivity index (χ2v) is 5.00. The van der Waals surface area contributed by atoms with E-state index >= 15 is 0 Å². The molecule has 0 saturated heterocycles. The average Bonchev–Trinajstić information content (AvgIpc) is 2.36. The van der Waals surface area contributed by atoms with Gasteiger partial charge in [-0.25, -0.2) is 0 Å². The number of anilines is 1. The number of hydrogen-bond acceptors (Lipinski definition) is 4. The van der Waals surface area contributed by atoms with E-state index in [1.807, 2.05) is 30.5 Å². The highest BCUT2D eigenvalue weighted by molar-refractivity contribution is 7.98. The summed E-state index contributed by atoms with van der Waals surface area (Å²) in [6, 6.07) is 7.12. The van der Waals surface area contributed by atoms with Crippen molar-refractivity contribution in [2.75, 3.05) is 24.4 Å². The van der Waals surface area contributed by atoms with Gasteiger partial charge in [0, 0.05) is 12.8 Å². The molecule has 0 radical (unpaired) electrons. The predicted molar refractivity (Wildman–Crippen MR) is 84.0 cm³/mol. The van der Waals surface area contributed by atoms with Crippen LogP contribution in [0.5, 0.6) is 0 Å². The first-order valence-corrected chi connectivity index (χ1v) is 7.20. The van der Waals surface area contributed by atoms with Gasteiger partial charge in [-0.1, -0.05) is 12.1 Å². The first-order valence-electron chi connectivity index (χ1n) is 5.80. The number of hydrogen-bond donors (Lipinski definition) is 2. The number of nitrogens with one attached hydrogen (secondary N) is 1. The number of rotatable bonds is 7. The SMILES string of the molecule is COCc1cccc(NC(=O)[C@@H](N)CCSC)c1.Cl. The Balaban J connectivity index is 0.00000324. The van der Waals surface area contributed by atoms with Crippen molar-refractivity contribution in [1.82, 2.24) is 0 Å². The van der Waals surface area contributed by atoms with Crippen molar-refractivity contribution >= 4 is 35.8 Å². The van der Waals surface area contributed by atoms with Crippen LogP contribution in [0.1, 0.15) is 12.0 Å². The van der Waals surface area contributed by atoms with Crippen molar-refractivity contribution in [1.29, 1.82) is 0 Å². The summed E-state index contributed by atoms with van der Waals surface area (Å²) in [6.07, 6.45) is 2.68. The molecule has 1 aromatic carbocycles. The predicted octanol–water partition coefficient (Wildman–Crippen LogP) is 2.27. The van der Waals surface area contributed by atoms with Crippen LogP contribution in [0.15, 0.2) is 24.3 Å². The van der Waals surface area contributed by atoms with Gasteiger partial charge in [-0.3, -0.25) is 4.79 Å². The van der Waals surface area contributed by atoms with Crippen LogP contribution in [0, 0.1) is 0 Å². The van der Waals surface area contributed by atoms with Crippen molar-refractivity contribution in [3.63, 3.8) is 0 Å². The molecular weight excluding hydrogens is 284 g/mol. The average molecular weight is 305 g/mol. The van der Waals surface area contributed by atoms with Crippen molar-refractivity contribution in [2.24, 2.45) is 5.73 Å². The fourth-order valence-corrected chi connectivity index (χ4v) is 2.01. The van der Waals surface area contributed by atoms with E-state index in [0.717, 1.165) is 17.0 Å². The quantitative estimate of drug-likeness (QED) is 0.811.